The van der Waals surface area contributed by atoms with Gasteiger partial charge >= 0.3 is 0 Å². The molecule has 88 valence electrons. The van der Waals surface area contributed by atoms with Crippen molar-refractivity contribution in [1.29, 1.82) is 0 Å². The molecule has 0 aliphatic carbocycles. The molecule has 0 saturated carbocycles. The lowest BCUT2D eigenvalue weighted by atomic mass is 9.85. The fourth-order valence-electron chi connectivity index (χ4n) is 1.84. The van der Waals surface area contributed by atoms with Crippen LogP contribution in [0.25, 0.3) is 0 Å². The normalized spacial score (nSPS) is 11.4. The molecule has 0 atom stereocenters. The summed E-state index contributed by atoms with van der Waals surface area (Å²) in [6.45, 7) is 9.73. The minimum Gasteiger partial charge on any atom is -0.496 e. The third kappa shape index (κ3) is 2.43. The molecule has 0 aromatic heterocycles. The molecule has 0 aliphatic rings. The predicted molar refractivity (Wildman–Crippen MR) is 66.3 cm³/mol. The lowest BCUT2D eigenvalue weighted by molar-refractivity contribution is 0.0858. The van der Waals surface area contributed by atoms with Gasteiger partial charge in [-0.15, -0.1) is 0 Å². The quantitative estimate of drug-likeness (QED) is 0.712. The van der Waals surface area contributed by atoms with Crippen molar-refractivity contribution in [2.75, 3.05) is 7.11 Å². The molecule has 0 bridgehead atoms. The number of Topliss-reactive ketones (excluding diaryl/α,β-unsaturated/α-hetero) is 1. The minimum atomic E-state index is -0.340. The van der Waals surface area contributed by atoms with Gasteiger partial charge < -0.3 is 4.74 Å². The van der Waals surface area contributed by atoms with Crippen LogP contribution in [0.5, 0.6) is 5.75 Å². The Morgan fingerprint density at radius 3 is 1.88 bits per heavy atom. The molecule has 0 unspecified atom stereocenters. The van der Waals surface area contributed by atoms with Crippen molar-refractivity contribution < 1.29 is 9.53 Å². The number of ketones is 1. The highest BCUT2D eigenvalue weighted by atomic mass is 16.5. The Bertz CT molecular complexity index is 388. The van der Waals surface area contributed by atoms with Crippen LogP contribution in [0.2, 0.25) is 0 Å². The maximum Gasteiger partial charge on any atom is 0.168 e. The Labute approximate surface area is 97.6 Å². The molecule has 0 saturated heterocycles. The summed E-state index contributed by atoms with van der Waals surface area (Å²) >= 11 is 0. The summed E-state index contributed by atoms with van der Waals surface area (Å²) in [4.78, 5) is 12.1. The van der Waals surface area contributed by atoms with Crippen LogP contribution >= 0.6 is 0 Å². The minimum absolute atomic E-state index is 0.168. The van der Waals surface area contributed by atoms with Crippen molar-refractivity contribution in [3.63, 3.8) is 0 Å². The van der Waals surface area contributed by atoms with Gasteiger partial charge in [-0.2, -0.15) is 0 Å². The van der Waals surface area contributed by atoms with Crippen molar-refractivity contribution in [3.05, 3.63) is 28.8 Å². The van der Waals surface area contributed by atoms with E-state index in [1.54, 1.807) is 7.11 Å². The topological polar surface area (TPSA) is 26.3 Å². The summed E-state index contributed by atoms with van der Waals surface area (Å²) in [5.41, 5.74) is 2.45. The van der Waals surface area contributed by atoms with Crippen LogP contribution in [0.3, 0.4) is 0 Å². The zero-order valence-electron chi connectivity index (χ0n) is 11.0. The lowest BCUT2D eigenvalue weighted by Gasteiger charge is -2.18. The Hall–Kier alpha value is -1.31. The van der Waals surface area contributed by atoms with E-state index in [1.807, 2.05) is 46.8 Å². The van der Waals surface area contributed by atoms with E-state index in [-0.39, 0.29) is 11.2 Å². The van der Waals surface area contributed by atoms with E-state index in [9.17, 15) is 4.79 Å². The van der Waals surface area contributed by atoms with Gasteiger partial charge in [0.15, 0.2) is 5.78 Å². The number of benzene rings is 1. The highest BCUT2D eigenvalue weighted by Gasteiger charge is 2.23. The van der Waals surface area contributed by atoms with Crippen LogP contribution in [0.4, 0.5) is 0 Å². The number of carbonyl (C=O) groups excluding carboxylic acids is 1. The van der Waals surface area contributed by atoms with Gasteiger partial charge in [-0.1, -0.05) is 20.8 Å². The largest absolute Gasteiger partial charge is 0.496 e. The Balaban J connectivity index is 3.24. The fourth-order valence-corrected chi connectivity index (χ4v) is 1.84. The fraction of sp³-hybridized carbons (Fsp3) is 0.500. The highest BCUT2D eigenvalue weighted by Crippen LogP contribution is 2.28. The monoisotopic (exact) mass is 220 g/mol. The summed E-state index contributed by atoms with van der Waals surface area (Å²) < 4.78 is 5.28. The van der Waals surface area contributed by atoms with E-state index < -0.39 is 0 Å². The van der Waals surface area contributed by atoms with Crippen molar-refractivity contribution in [2.45, 2.75) is 34.6 Å². The van der Waals surface area contributed by atoms with Gasteiger partial charge in [0.1, 0.15) is 5.75 Å². The van der Waals surface area contributed by atoms with E-state index in [4.69, 9.17) is 4.74 Å². The molecule has 0 heterocycles. The van der Waals surface area contributed by atoms with E-state index in [2.05, 4.69) is 0 Å². The second kappa shape index (κ2) is 4.28. The molecule has 0 radical (unpaired) electrons. The highest BCUT2D eigenvalue weighted by molar-refractivity contribution is 6.00. The summed E-state index contributed by atoms with van der Waals surface area (Å²) in [5.74, 6) is 1.03. The number of ether oxygens (including phenoxy) is 1. The SMILES string of the molecule is COc1c(C)cc(C(=O)C(C)(C)C)cc1C. The first-order valence-electron chi connectivity index (χ1n) is 5.47. The van der Waals surface area contributed by atoms with Gasteiger partial charge in [0.05, 0.1) is 7.11 Å². The second-order valence-electron chi connectivity index (χ2n) is 5.22. The van der Waals surface area contributed by atoms with Gasteiger partial charge in [0.25, 0.3) is 0 Å². The van der Waals surface area contributed by atoms with Crippen molar-refractivity contribution in [1.82, 2.24) is 0 Å². The Morgan fingerprint density at radius 1 is 1.12 bits per heavy atom. The lowest BCUT2D eigenvalue weighted by Crippen LogP contribution is -2.20. The third-order valence-corrected chi connectivity index (χ3v) is 2.61. The number of hydrogen-bond acceptors (Lipinski definition) is 2. The molecule has 0 amide bonds. The predicted octanol–water partition coefficient (Wildman–Crippen LogP) is 3.54. The first-order valence-corrected chi connectivity index (χ1v) is 5.47. The number of hydrogen-bond donors (Lipinski definition) is 0. The molecule has 0 N–H and O–H groups in total. The summed E-state index contributed by atoms with van der Waals surface area (Å²) in [6.07, 6.45) is 0. The van der Waals surface area contributed by atoms with Crippen molar-refractivity contribution in [2.24, 2.45) is 5.41 Å². The summed E-state index contributed by atoms with van der Waals surface area (Å²) in [5, 5.41) is 0. The molecule has 1 aromatic carbocycles. The zero-order chi connectivity index (χ0) is 12.5. The molecule has 16 heavy (non-hydrogen) atoms. The summed E-state index contributed by atoms with van der Waals surface area (Å²) in [7, 11) is 1.65. The molecule has 0 aliphatic heterocycles. The average molecular weight is 220 g/mol. The second-order valence-corrected chi connectivity index (χ2v) is 5.22. The van der Waals surface area contributed by atoms with E-state index in [0.717, 1.165) is 22.4 Å². The number of carbonyl (C=O) groups is 1. The van der Waals surface area contributed by atoms with Crippen LogP contribution in [-0.4, -0.2) is 12.9 Å². The maximum absolute atomic E-state index is 12.1. The molecule has 1 rings (SSSR count). The Kier molecular flexibility index (Phi) is 3.41. The van der Waals surface area contributed by atoms with E-state index >= 15 is 0 Å². The molecule has 1 aromatic rings. The standard InChI is InChI=1S/C14H20O2/c1-9-7-11(13(15)14(3,4)5)8-10(2)12(9)16-6/h7-8H,1-6H3. The van der Waals surface area contributed by atoms with E-state index in [1.165, 1.54) is 0 Å². The van der Waals surface area contributed by atoms with Gasteiger partial charge in [-0.3, -0.25) is 4.79 Å². The van der Waals surface area contributed by atoms with Crippen LogP contribution in [0.15, 0.2) is 12.1 Å². The van der Waals surface area contributed by atoms with Gasteiger partial charge in [0.2, 0.25) is 0 Å². The first kappa shape index (κ1) is 12.8. The van der Waals surface area contributed by atoms with Crippen molar-refractivity contribution >= 4 is 5.78 Å². The van der Waals surface area contributed by atoms with Crippen LogP contribution in [-0.2, 0) is 0 Å². The van der Waals surface area contributed by atoms with Crippen LogP contribution < -0.4 is 4.74 Å². The number of rotatable bonds is 2. The van der Waals surface area contributed by atoms with Gasteiger partial charge in [-0.25, -0.2) is 0 Å². The smallest absolute Gasteiger partial charge is 0.168 e. The number of aryl methyl sites for hydroxylation is 2. The first-order chi connectivity index (χ1) is 7.27. The van der Waals surface area contributed by atoms with E-state index in [0.29, 0.717) is 0 Å². The molecular weight excluding hydrogens is 200 g/mol. The van der Waals surface area contributed by atoms with Gasteiger partial charge in [-0.05, 0) is 37.1 Å². The third-order valence-electron chi connectivity index (χ3n) is 2.61. The number of methoxy groups -OCH3 is 1. The average Bonchev–Trinajstić information content (AvgIpc) is 2.14. The van der Waals surface area contributed by atoms with Crippen LogP contribution in [0, 0.1) is 19.3 Å². The Morgan fingerprint density at radius 2 is 1.56 bits per heavy atom. The van der Waals surface area contributed by atoms with Crippen LogP contribution in [0.1, 0.15) is 42.3 Å². The molecule has 2 heteroatoms. The van der Waals surface area contributed by atoms with Gasteiger partial charge in [0, 0.05) is 11.0 Å². The molecule has 2 nitrogen and oxygen atoms in total. The summed E-state index contributed by atoms with van der Waals surface area (Å²) in [6, 6.07) is 3.80. The molecular formula is C14H20O2. The molecule has 0 spiro atoms. The maximum atomic E-state index is 12.1. The zero-order valence-corrected chi connectivity index (χ0v) is 11.0. The van der Waals surface area contributed by atoms with Crippen molar-refractivity contribution in [3.8, 4) is 5.75 Å². The molecule has 0 fully saturated rings.